The fraction of sp³-hybridized carbons (Fsp3) is 1.00. The van der Waals surface area contributed by atoms with E-state index in [9.17, 15) is 8.78 Å². The van der Waals surface area contributed by atoms with Gasteiger partial charge in [-0.1, -0.05) is 0 Å². The molecular formula is C10H17F2NS. The predicted molar refractivity (Wildman–Crippen MR) is 56.0 cm³/mol. The summed E-state index contributed by atoms with van der Waals surface area (Å²) in [6.45, 7) is 4.42. The lowest BCUT2D eigenvalue weighted by molar-refractivity contribution is 0.0127. The Kier molecular flexibility index (Phi) is 2.77. The summed E-state index contributed by atoms with van der Waals surface area (Å²) in [5.41, 5.74) is 0. The van der Waals surface area contributed by atoms with E-state index < -0.39 is 6.43 Å². The molecule has 0 amide bonds. The fourth-order valence-corrected chi connectivity index (χ4v) is 3.20. The zero-order valence-corrected chi connectivity index (χ0v) is 9.41. The monoisotopic (exact) mass is 221 g/mol. The number of nitrogens with one attached hydrogen (secondary N) is 1. The third-order valence-electron chi connectivity index (χ3n) is 3.43. The number of halogens is 2. The summed E-state index contributed by atoms with van der Waals surface area (Å²) in [4.78, 5) is 0. The Morgan fingerprint density at radius 3 is 2.36 bits per heavy atom. The van der Waals surface area contributed by atoms with Crippen LogP contribution < -0.4 is 5.32 Å². The van der Waals surface area contributed by atoms with Crippen LogP contribution in [0.4, 0.5) is 8.78 Å². The highest BCUT2D eigenvalue weighted by atomic mass is 32.2. The number of hydrogen-bond donors (Lipinski definition) is 1. The molecule has 1 saturated carbocycles. The smallest absolute Gasteiger partial charge is 0.241 e. The summed E-state index contributed by atoms with van der Waals surface area (Å²) in [7, 11) is 0. The molecule has 82 valence electrons. The van der Waals surface area contributed by atoms with Crippen LogP contribution in [0, 0.1) is 5.92 Å². The highest BCUT2D eigenvalue weighted by Gasteiger charge is 2.43. The second-order valence-electron chi connectivity index (χ2n) is 4.90. The van der Waals surface area contributed by atoms with Crippen molar-refractivity contribution in [1.82, 2.24) is 5.32 Å². The Bertz CT molecular complexity index is 214. The van der Waals surface area contributed by atoms with Gasteiger partial charge >= 0.3 is 0 Å². The largest absolute Gasteiger partial charge is 0.309 e. The summed E-state index contributed by atoms with van der Waals surface area (Å²) < 4.78 is 24.7. The maximum Gasteiger partial charge on any atom is 0.241 e. The molecule has 1 unspecified atom stereocenters. The SMILES string of the molecule is CC1(C)SCC1NC1CC(C(F)F)C1. The van der Waals surface area contributed by atoms with E-state index >= 15 is 0 Å². The van der Waals surface area contributed by atoms with Gasteiger partial charge in [0.05, 0.1) is 0 Å². The Labute approximate surface area is 88.0 Å². The first kappa shape index (κ1) is 10.7. The van der Waals surface area contributed by atoms with E-state index in [0.717, 1.165) is 5.75 Å². The summed E-state index contributed by atoms with van der Waals surface area (Å²) >= 11 is 1.94. The van der Waals surface area contributed by atoms with Crippen molar-refractivity contribution in [3.05, 3.63) is 0 Å². The molecule has 1 aliphatic heterocycles. The first-order chi connectivity index (χ1) is 6.49. The van der Waals surface area contributed by atoms with Crippen LogP contribution in [0.15, 0.2) is 0 Å². The number of alkyl halides is 2. The summed E-state index contributed by atoms with van der Waals surface area (Å²) in [6, 6.07) is 0.871. The van der Waals surface area contributed by atoms with Crippen molar-refractivity contribution in [1.29, 1.82) is 0 Å². The van der Waals surface area contributed by atoms with Gasteiger partial charge in [-0.25, -0.2) is 8.78 Å². The normalized spacial score (nSPS) is 40.5. The van der Waals surface area contributed by atoms with Crippen LogP contribution in [-0.4, -0.2) is 29.0 Å². The lowest BCUT2D eigenvalue weighted by Gasteiger charge is -2.48. The third-order valence-corrected chi connectivity index (χ3v) is 4.96. The van der Waals surface area contributed by atoms with Crippen molar-refractivity contribution in [2.24, 2.45) is 5.92 Å². The van der Waals surface area contributed by atoms with Crippen LogP contribution >= 0.6 is 11.8 Å². The lowest BCUT2D eigenvalue weighted by Crippen LogP contribution is -2.60. The second-order valence-corrected chi connectivity index (χ2v) is 6.57. The minimum Gasteiger partial charge on any atom is -0.309 e. The second kappa shape index (κ2) is 3.63. The Hall–Kier alpha value is 0.170. The zero-order valence-electron chi connectivity index (χ0n) is 8.59. The third kappa shape index (κ3) is 1.91. The minimum atomic E-state index is -2.11. The van der Waals surface area contributed by atoms with Crippen LogP contribution in [0.2, 0.25) is 0 Å². The summed E-state index contributed by atoms with van der Waals surface area (Å²) in [5.74, 6) is 0.784. The van der Waals surface area contributed by atoms with E-state index in [-0.39, 0.29) is 5.92 Å². The molecule has 4 heteroatoms. The van der Waals surface area contributed by atoms with Crippen LogP contribution in [-0.2, 0) is 0 Å². The van der Waals surface area contributed by atoms with Crippen LogP contribution in [0.3, 0.4) is 0 Å². The van der Waals surface area contributed by atoms with Gasteiger partial charge in [0.1, 0.15) is 0 Å². The molecule has 0 aromatic carbocycles. The van der Waals surface area contributed by atoms with E-state index in [0.29, 0.717) is 29.7 Å². The average molecular weight is 221 g/mol. The Morgan fingerprint density at radius 2 is 2.00 bits per heavy atom. The lowest BCUT2D eigenvalue weighted by atomic mass is 9.79. The maximum atomic E-state index is 12.2. The Balaban J connectivity index is 1.70. The van der Waals surface area contributed by atoms with Gasteiger partial charge in [-0.2, -0.15) is 11.8 Å². The first-order valence-electron chi connectivity index (χ1n) is 5.17. The molecule has 0 radical (unpaired) electrons. The van der Waals surface area contributed by atoms with Gasteiger partial charge in [0.25, 0.3) is 0 Å². The molecule has 2 fully saturated rings. The van der Waals surface area contributed by atoms with Gasteiger partial charge in [-0.3, -0.25) is 0 Å². The van der Waals surface area contributed by atoms with Crippen molar-refractivity contribution in [2.75, 3.05) is 5.75 Å². The fourth-order valence-electron chi connectivity index (χ4n) is 2.04. The first-order valence-corrected chi connectivity index (χ1v) is 6.16. The molecule has 2 aliphatic rings. The van der Waals surface area contributed by atoms with Crippen LogP contribution in [0.25, 0.3) is 0 Å². The molecular weight excluding hydrogens is 204 g/mol. The van der Waals surface area contributed by atoms with E-state index in [1.165, 1.54) is 0 Å². The molecule has 0 spiro atoms. The molecule has 1 nitrogen and oxygen atoms in total. The molecule has 1 saturated heterocycles. The highest BCUT2D eigenvalue weighted by molar-refractivity contribution is 8.02. The van der Waals surface area contributed by atoms with Gasteiger partial charge < -0.3 is 5.32 Å². The molecule has 2 rings (SSSR count). The molecule has 1 heterocycles. The van der Waals surface area contributed by atoms with Crippen molar-refractivity contribution < 1.29 is 8.78 Å². The van der Waals surface area contributed by atoms with Gasteiger partial charge in [0, 0.05) is 28.5 Å². The topological polar surface area (TPSA) is 12.0 Å². The quantitative estimate of drug-likeness (QED) is 0.786. The molecule has 14 heavy (non-hydrogen) atoms. The van der Waals surface area contributed by atoms with Crippen LogP contribution in [0.5, 0.6) is 0 Å². The zero-order chi connectivity index (χ0) is 10.3. The molecule has 1 atom stereocenters. The van der Waals surface area contributed by atoms with E-state index in [2.05, 4.69) is 19.2 Å². The van der Waals surface area contributed by atoms with Gasteiger partial charge in [0.15, 0.2) is 0 Å². The molecule has 0 aromatic heterocycles. The number of thioether (sulfide) groups is 1. The van der Waals surface area contributed by atoms with Gasteiger partial charge in [-0.15, -0.1) is 0 Å². The van der Waals surface area contributed by atoms with Crippen LogP contribution in [0.1, 0.15) is 26.7 Å². The number of hydrogen-bond acceptors (Lipinski definition) is 2. The molecule has 1 N–H and O–H groups in total. The molecule has 1 aliphatic carbocycles. The summed E-state index contributed by atoms with van der Waals surface area (Å²) in [5, 5.41) is 3.47. The number of rotatable bonds is 3. The van der Waals surface area contributed by atoms with Crippen molar-refractivity contribution in [3.8, 4) is 0 Å². The van der Waals surface area contributed by atoms with Crippen molar-refractivity contribution >= 4 is 11.8 Å². The van der Waals surface area contributed by atoms with E-state index in [1.54, 1.807) is 0 Å². The summed E-state index contributed by atoms with van der Waals surface area (Å²) in [6.07, 6.45) is -0.791. The van der Waals surface area contributed by atoms with Crippen molar-refractivity contribution in [2.45, 2.75) is 49.9 Å². The predicted octanol–water partition coefficient (Wildman–Crippen LogP) is 2.51. The standard InChI is InChI=1S/C10H17F2NS/c1-10(2)8(5-14-10)13-7-3-6(4-7)9(11)12/h6-9,13H,3-5H2,1-2H3. The average Bonchev–Trinajstić information content (AvgIpc) is 1.99. The highest BCUT2D eigenvalue weighted by Crippen LogP contribution is 2.42. The van der Waals surface area contributed by atoms with Gasteiger partial charge in [0.2, 0.25) is 6.43 Å². The van der Waals surface area contributed by atoms with Crippen molar-refractivity contribution in [3.63, 3.8) is 0 Å². The maximum absolute atomic E-state index is 12.2. The minimum absolute atomic E-state index is 0.302. The molecule has 0 bridgehead atoms. The molecule has 0 aromatic rings. The van der Waals surface area contributed by atoms with E-state index in [4.69, 9.17) is 0 Å². The Morgan fingerprint density at radius 1 is 1.36 bits per heavy atom. The van der Waals surface area contributed by atoms with Gasteiger partial charge in [-0.05, 0) is 26.7 Å². The van der Waals surface area contributed by atoms with E-state index in [1.807, 2.05) is 11.8 Å².